The van der Waals surface area contributed by atoms with E-state index in [4.69, 9.17) is 4.74 Å². The van der Waals surface area contributed by atoms with Gasteiger partial charge in [-0.1, -0.05) is 12.1 Å². The maximum atomic E-state index is 5.31. The fourth-order valence-corrected chi connectivity index (χ4v) is 4.55. The molecule has 2 aliphatic rings. The Balaban J connectivity index is 1.57. The SMILES string of the molecule is CNc1cc(C)nc(N2C[C@@H]3CN(C)[C@H](c4ccc(OC)cc4)[C@@H]3C2)n1. The number of aryl methyl sites for hydroxylation is 1. The zero-order valence-corrected chi connectivity index (χ0v) is 15.9. The molecule has 0 spiro atoms. The predicted octanol–water partition coefficient (Wildman–Crippen LogP) is 2.57. The van der Waals surface area contributed by atoms with Crippen molar-refractivity contribution in [1.82, 2.24) is 14.9 Å². The average Bonchev–Trinajstić information content (AvgIpc) is 3.18. The summed E-state index contributed by atoms with van der Waals surface area (Å²) in [5, 5.41) is 3.14. The summed E-state index contributed by atoms with van der Waals surface area (Å²) in [5.41, 5.74) is 2.36. The third-order valence-corrected chi connectivity index (χ3v) is 5.73. The van der Waals surface area contributed by atoms with Crippen LogP contribution >= 0.6 is 0 Å². The Labute approximate surface area is 155 Å². The molecule has 0 bridgehead atoms. The van der Waals surface area contributed by atoms with E-state index in [0.29, 0.717) is 17.9 Å². The standard InChI is InChI=1S/C20H27N5O/c1-13-9-18(21-2)23-20(22-13)25-11-15-10-24(3)19(17(15)12-25)14-5-7-16(26-4)8-6-14/h5-9,15,17,19H,10-12H2,1-4H3,(H,21,22,23)/t15-,17+,19+/m0/s1. The van der Waals surface area contributed by atoms with Crippen LogP contribution in [0.15, 0.2) is 30.3 Å². The van der Waals surface area contributed by atoms with Gasteiger partial charge in [-0.3, -0.25) is 4.90 Å². The maximum Gasteiger partial charge on any atom is 0.227 e. The number of methoxy groups -OCH3 is 1. The van der Waals surface area contributed by atoms with Gasteiger partial charge in [0.1, 0.15) is 11.6 Å². The largest absolute Gasteiger partial charge is 0.497 e. The normalized spacial score (nSPS) is 25.4. The Morgan fingerprint density at radius 2 is 1.88 bits per heavy atom. The van der Waals surface area contributed by atoms with Crippen LogP contribution in [0.2, 0.25) is 0 Å². The number of rotatable bonds is 4. The van der Waals surface area contributed by atoms with E-state index in [1.54, 1.807) is 7.11 Å². The van der Waals surface area contributed by atoms with Gasteiger partial charge in [0.2, 0.25) is 5.95 Å². The summed E-state index contributed by atoms with van der Waals surface area (Å²) in [5.74, 6) is 3.88. The van der Waals surface area contributed by atoms with Gasteiger partial charge >= 0.3 is 0 Å². The molecule has 0 unspecified atom stereocenters. The number of nitrogens with one attached hydrogen (secondary N) is 1. The van der Waals surface area contributed by atoms with E-state index in [0.717, 1.165) is 42.8 Å². The highest BCUT2D eigenvalue weighted by molar-refractivity contribution is 5.44. The first kappa shape index (κ1) is 17.1. The highest BCUT2D eigenvalue weighted by Crippen LogP contribution is 2.44. The molecule has 1 aromatic carbocycles. The van der Waals surface area contributed by atoms with Gasteiger partial charge < -0.3 is 15.0 Å². The van der Waals surface area contributed by atoms with Crippen LogP contribution in [-0.4, -0.2) is 55.7 Å². The van der Waals surface area contributed by atoms with Crippen LogP contribution in [-0.2, 0) is 0 Å². The molecular weight excluding hydrogens is 326 g/mol. The van der Waals surface area contributed by atoms with Crippen molar-refractivity contribution < 1.29 is 4.74 Å². The monoisotopic (exact) mass is 353 g/mol. The third-order valence-electron chi connectivity index (χ3n) is 5.73. The zero-order chi connectivity index (χ0) is 18.3. The van der Waals surface area contributed by atoms with E-state index in [-0.39, 0.29) is 0 Å². The van der Waals surface area contributed by atoms with Gasteiger partial charge in [-0.2, -0.15) is 4.98 Å². The second kappa shape index (κ2) is 6.76. The minimum Gasteiger partial charge on any atom is -0.497 e. The van der Waals surface area contributed by atoms with Crippen molar-refractivity contribution in [2.24, 2.45) is 11.8 Å². The lowest BCUT2D eigenvalue weighted by molar-refractivity contribution is 0.279. The van der Waals surface area contributed by atoms with Gasteiger partial charge in [-0.05, 0) is 37.6 Å². The molecule has 4 rings (SSSR count). The highest BCUT2D eigenvalue weighted by atomic mass is 16.5. The van der Waals surface area contributed by atoms with Crippen molar-refractivity contribution in [2.75, 3.05) is 51.1 Å². The van der Waals surface area contributed by atoms with Gasteiger partial charge in [-0.15, -0.1) is 0 Å². The van der Waals surface area contributed by atoms with Crippen molar-refractivity contribution in [3.8, 4) is 5.75 Å². The molecule has 0 radical (unpaired) electrons. The summed E-state index contributed by atoms with van der Waals surface area (Å²) < 4.78 is 5.31. The fraction of sp³-hybridized carbons (Fsp3) is 0.500. The molecule has 1 N–H and O–H groups in total. The zero-order valence-electron chi connectivity index (χ0n) is 15.9. The second-order valence-corrected chi connectivity index (χ2v) is 7.43. The molecule has 26 heavy (non-hydrogen) atoms. The molecule has 138 valence electrons. The Bertz CT molecular complexity index is 778. The Morgan fingerprint density at radius 3 is 2.58 bits per heavy atom. The maximum absolute atomic E-state index is 5.31. The lowest BCUT2D eigenvalue weighted by atomic mass is 9.89. The van der Waals surface area contributed by atoms with Crippen LogP contribution in [0.5, 0.6) is 5.75 Å². The van der Waals surface area contributed by atoms with Crippen molar-refractivity contribution in [1.29, 1.82) is 0 Å². The van der Waals surface area contributed by atoms with Gasteiger partial charge in [0.05, 0.1) is 7.11 Å². The summed E-state index contributed by atoms with van der Waals surface area (Å²) in [4.78, 5) is 14.2. The highest BCUT2D eigenvalue weighted by Gasteiger charge is 2.46. The predicted molar refractivity (Wildman–Crippen MR) is 104 cm³/mol. The first-order chi connectivity index (χ1) is 12.6. The number of aromatic nitrogens is 2. The second-order valence-electron chi connectivity index (χ2n) is 7.43. The third kappa shape index (κ3) is 2.98. The quantitative estimate of drug-likeness (QED) is 0.912. The number of ether oxygens (including phenoxy) is 1. The molecule has 2 saturated heterocycles. The first-order valence-electron chi connectivity index (χ1n) is 9.21. The van der Waals surface area contributed by atoms with E-state index in [1.165, 1.54) is 5.56 Å². The number of nitrogens with zero attached hydrogens (tertiary/aromatic N) is 4. The summed E-state index contributed by atoms with van der Waals surface area (Å²) in [7, 11) is 5.85. The minimum absolute atomic E-state index is 0.435. The molecule has 2 aromatic rings. The number of benzene rings is 1. The first-order valence-corrected chi connectivity index (χ1v) is 9.21. The number of hydrogen-bond acceptors (Lipinski definition) is 6. The van der Waals surface area contributed by atoms with Crippen LogP contribution in [0.4, 0.5) is 11.8 Å². The molecule has 0 saturated carbocycles. The van der Waals surface area contributed by atoms with Gasteiger partial charge in [0.25, 0.3) is 0 Å². The van der Waals surface area contributed by atoms with Crippen LogP contribution in [0.1, 0.15) is 17.3 Å². The summed E-state index contributed by atoms with van der Waals surface area (Å²) in [6.07, 6.45) is 0. The van der Waals surface area contributed by atoms with E-state index < -0.39 is 0 Å². The molecule has 2 fully saturated rings. The smallest absolute Gasteiger partial charge is 0.227 e. The Hall–Kier alpha value is -2.34. The minimum atomic E-state index is 0.435. The number of likely N-dealkylation sites (tertiary alicyclic amines) is 1. The van der Waals surface area contributed by atoms with Gasteiger partial charge in [0.15, 0.2) is 0 Å². The molecule has 1 aromatic heterocycles. The van der Waals surface area contributed by atoms with Crippen LogP contribution < -0.4 is 15.0 Å². The Morgan fingerprint density at radius 1 is 1.12 bits per heavy atom. The van der Waals surface area contributed by atoms with Crippen molar-refractivity contribution >= 4 is 11.8 Å². The van der Waals surface area contributed by atoms with Gasteiger partial charge in [0, 0.05) is 50.4 Å². The molecule has 6 heteroatoms. The van der Waals surface area contributed by atoms with Crippen LogP contribution in [0, 0.1) is 18.8 Å². The van der Waals surface area contributed by atoms with Crippen molar-refractivity contribution in [3.63, 3.8) is 0 Å². The molecule has 6 nitrogen and oxygen atoms in total. The van der Waals surface area contributed by atoms with Crippen molar-refractivity contribution in [3.05, 3.63) is 41.6 Å². The fourth-order valence-electron chi connectivity index (χ4n) is 4.55. The molecular formula is C20H27N5O. The molecule has 3 heterocycles. The topological polar surface area (TPSA) is 53.5 Å². The van der Waals surface area contributed by atoms with E-state index in [9.17, 15) is 0 Å². The summed E-state index contributed by atoms with van der Waals surface area (Å²) >= 11 is 0. The van der Waals surface area contributed by atoms with E-state index in [2.05, 4.69) is 56.4 Å². The lowest BCUT2D eigenvalue weighted by Gasteiger charge is -2.27. The average molecular weight is 353 g/mol. The van der Waals surface area contributed by atoms with Gasteiger partial charge in [-0.25, -0.2) is 4.98 Å². The van der Waals surface area contributed by atoms with Crippen LogP contribution in [0.25, 0.3) is 0 Å². The summed E-state index contributed by atoms with van der Waals surface area (Å²) in [6, 6.07) is 10.9. The molecule has 2 aliphatic heterocycles. The van der Waals surface area contributed by atoms with E-state index in [1.807, 2.05) is 20.0 Å². The summed E-state index contributed by atoms with van der Waals surface area (Å²) in [6.45, 7) is 5.16. The molecule has 0 amide bonds. The van der Waals surface area contributed by atoms with E-state index >= 15 is 0 Å². The number of fused-ring (bicyclic) bond motifs is 1. The van der Waals surface area contributed by atoms with Crippen molar-refractivity contribution in [2.45, 2.75) is 13.0 Å². The molecule has 0 aliphatic carbocycles. The Kier molecular flexibility index (Phi) is 4.44. The molecule has 3 atom stereocenters. The lowest BCUT2D eigenvalue weighted by Crippen LogP contribution is -2.30. The number of hydrogen-bond donors (Lipinski definition) is 1. The number of anilines is 2. The van der Waals surface area contributed by atoms with Crippen LogP contribution in [0.3, 0.4) is 0 Å².